The summed E-state index contributed by atoms with van der Waals surface area (Å²) in [4.78, 5) is 23.5. The molecule has 1 unspecified atom stereocenters. The quantitative estimate of drug-likeness (QED) is 0.692. The fraction of sp³-hybridized carbons (Fsp3) is 0.227. The van der Waals surface area contributed by atoms with E-state index < -0.39 is 0 Å². The van der Waals surface area contributed by atoms with Crippen LogP contribution in [0.3, 0.4) is 0 Å². The normalized spacial score (nSPS) is 11.6. The Labute approximate surface area is 160 Å². The topological polar surface area (TPSA) is 58.1 Å². The van der Waals surface area contributed by atoms with E-state index in [2.05, 4.69) is 34.3 Å². The number of nitrogens with zero attached hydrogens (tertiary/aromatic N) is 3. The van der Waals surface area contributed by atoms with Gasteiger partial charge in [0.05, 0.1) is 6.04 Å². The Balaban J connectivity index is 1.73. The Kier molecular flexibility index (Phi) is 6.15. The molecule has 5 nitrogen and oxygen atoms in total. The Morgan fingerprint density at radius 3 is 2.37 bits per heavy atom. The maximum absolute atomic E-state index is 12.6. The summed E-state index contributed by atoms with van der Waals surface area (Å²) >= 11 is 0. The van der Waals surface area contributed by atoms with Crippen LogP contribution in [0.25, 0.3) is 0 Å². The number of carbonyl (C=O) groups is 1. The van der Waals surface area contributed by atoms with E-state index in [0.717, 1.165) is 12.1 Å². The van der Waals surface area contributed by atoms with Gasteiger partial charge in [0, 0.05) is 19.3 Å². The fourth-order valence-corrected chi connectivity index (χ4v) is 2.85. The molecule has 0 radical (unpaired) electrons. The van der Waals surface area contributed by atoms with Gasteiger partial charge in [-0.05, 0) is 31.0 Å². The third-order valence-corrected chi connectivity index (χ3v) is 4.40. The van der Waals surface area contributed by atoms with Crippen molar-refractivity contribution in [3.63, 3.8) is 0 Å². The minimum absolute atomic E-state index is 0.0938. The van der Waals surface area contributed by atoms with Crippen molar-refractivity contribution in [2.24, 2.45) is 0 Å². The second kappa shape index (κ2) is 8.94. The minimum Gasteiger partial charge on any atom is -0.344 e. The molecule has 1 amide bonds. The standard InChI is InChI=1S/C22H24N4O/c1-3-26(16-18-10-6-4-7-11-18)22-23-15-14-20(25-22)21(27)24-17(2)19-12-8-5-9-13-19/h4-15,17H,3,16H2,1-2H3,(H,24,27). The lowest BCUT2D eigenvalue weighted by Crippen LogP contribution is -2.29. The number of amides is 1. The number of aromatic nitrogens is 2. The number of nitrogens with one attached hydrogen (secondary N) is 1. The predicted octanol–water partition coefficient (Wildman–Crippen LogP) is 3.99. The number of hydrogen-bond acceptors (Lipinski definition) is 4. The molecule has 0 aliphatic rings. The van der Waals surface area contributed by atoms with Gasteiger partial charge in [0.2, 0.25) is 5.95 Å². The number of carbonyl (C=O) groups excluding carboxylic acids is 1. The monoisotopic (exact) mass is 360 g/mol. The maximum atomic E-state index is 12.6. The molecule has 2 aromatic carbocycles. The Bertz CT molecular complexity index is 868. The molecular formula is C22H24N4O. The summed E-state index contributed by atoms with van der Waals surface area (Å²) < 4.78 is 0. The SMILES string of the molecule is CCN(Cc1ccccc1)c1nccc(C(=O)NC(C)c2ccccc2)n1. The van der Waals surface area contributed by atoms with Crippen molar-refractivity contribution in [1.29, 1.82) is 0 Å². The molecule has 5 heteroatoms. The molecule has 0 spiro atoms. The van der Waals surface area contributed by atoms with Gasteiger partial charge in [0.15, 0.2) is 0 Å². The van der Waals surface area contributed by atoms with Crippen LogP contribution < -0.4 is 10.2 Å². The zero-order valence-corrected chi connectivity index (χ0v) is 15.7. The van der Waals surface area contributed by atoms with Gasteiger partial charge >= 0.3 is 0 Å². The summed E-state index contributed by atoms with van der Waals surface area (Å²) in [6.07, 6.45) is 1.64. The van der Waals surface area contributed by atoms with Gasteiger partial charge in [0.25, 0.3) is 5.91 Å². The molecule has 27 heavy (non-hydrogen) atoms. The highest BCUT2D eigenvalue weighted by Gasteiger charge is 2.15. The van der Waals surface area contributed by atoms with Crippen LogP contribution in [0, 0.1) is 0 Å². The fourth-order valence-electron chi connectivity index (χ4n) is 2.85. The smallest absolute Gasteiger partial charge is 0.270 e. The molecule has 0 aliphatic heterocycles. The highest BCUT2D eigenvalue weighted by molar-refractivity contribution is 5.92. The summed E-state index contributed by atoms with van der Waals surface area (Å²) in [6.45, 7) is 5.46. The zero-order chi connectivity index (χ0) is 19.1. The molecule has 1 aromatic heterocycles. The Hall–Kier alpha value is -3.21. The Morgan fingerprint density at radius 1 is 1.04 bits per heavy atom. The summed E-state index contributed by atoms with van der Waals surface area (Å²) in [6, 6.07) is 21.6. The minimum atomic E-state index is -0.203. The molecule has 0 bridgehead atoms. The highest BCUT2D eigenvalue weighted by Crippen LogP contribution is 2.14. The predicted molar refractivity (Wildman–Crippen MR) is 108 cm³/mol. The van der Waals surface area contributed by atoms with E-state index in [-0.39, 0.29) is 11.9 Å². The molecule has 3 rings (SSSR count). The first-order valence-electron chi connectivity index (χ1n) is 9.15. The van der Waals surface area contributed by atoms with Gasteiger partial charge in [-0.15, -0.1) is 0 Å². The summed E-state index contributed by atoms with van der Waals surface area (Å²) in [7, 11) is 0. The van der Waals surface area contributed by atoms with Gasteiger partial charge in [-0.3, -0.25) is 4.79 Å². The summed E-state index contributed by atoms with van der Waals surface area (Å²) in [5.74, 6) is 0.354. The Morgan fingerprint density at radius 2 is 1.70 bits per heavy atom. The van der Waals surface area contributed by atoms with Crippen molar-refractivity contribution in [2.75, 3.05) is 11.4 Å². The van der Waals surface area contributed by atoms with E-state index in [1.165, 1.54) is 5.56 Å². The van der Waals surface area contributed by atoms with E-state index >= 15 is 0 Å². The van der Waals surface area contributed by atoms with Crippen LogP contribution in [-0.4, -0.2) is 22.4 Å². The van der Waals surface area contributed by atoms with E-state index in [4.69, 9.17) is 0 Å². The van der Waals surface area contributed by atoms with E-state index in [0.29, 0.717) is 18.2 Å². The summed E-state index contributed by atoms with van der Waals surface area (Å²) in [5.41, 5.74) is 2.60. The van der Waals surface area contributed by atoms with E-state index in [1.54, 1.807) is 12.3 Å². The van der Waals surface area contributed by atoms with Crippen molar-refractivity contribution >= 4 is 11.9 Å². The average molecular weight is 360 g/mol. The largest absolute Gasteiger partial charge is 0.344 e. The first-order valence-corrected chi connectivity index (χ1v) is 9.15. The number of benzene rings is 2. The number of anilines is 1. The van der Waals surface area contributed by atoms with Gasteiger partial charge in [-0.2, -0.15) is 0 Å². The van der Waals surface area contributed by atoms with E-state index in [1.807, 2.05) is 60.4 Å². The van der Waals surface area contributed by atoms with Crippen LogP contribution in [0.15, 0.2) is 72.9 Å². The van der Waals surface area contributed by atoms with Crippen LogP contribution in [0.2, 0.25) is 0 Å². The van der Waals surface area contributed by atoms with E-state index in [9.17, 15) is 4.79 Å². The van der Waals surface area contributed by atoms with Crippen LogP contribution in [0.1, 0.15) is 41.5 Å². The highest BCUT2D eigenvalue weighted by atomic mass is 16.1. The molecule has 3 aromatic rings. The van der Waals surface area contributed by atoms with Crippen molar-refractivity contribution < 1.29 is 4.79 Å². The molecular weight excluding hydrogens is 336 g/mol. The van der Waals surface area contributed by atoms with Crippen LogP contribution >= 0.6 is 0 Å². The lowest BCUT2D eigenvalue weighted by atomic mass is 10.1. The molecule has 0 saturated heterocycles. The zero-order valence-electron chi connectivity index (χ0n) is 15.7. The molecule has 0 aliphatic carbocycles. The van der Waals surface area contributed by atoms with Gasteiger partial charge in [0.1, 0.15) is 5.69 Å². The van der Waals surface area contributed by atoms with Gasteiger partial charge < -0.3 is 10.2 Å². The second-order valence-corrected chi connectivity index (χ2v) is 6.35. The lowest BCUT2D eigenvalue weighted by molar-refractivity contribution is 0.0934. The van der Waals surface area contributed by atoms with Crippen molar-refractivity contribution in [3.8, 4) is 0 Å². The van der Waals surface area contributed by atoms with Crippen LogP contribution in [0.5, 0.6) is 0 Å². The molecule has 0 saturated carbocycles. The average Bonchev–Trinajstić information content (AvgIpc) is 2.73. The number of rotatable bonds is 7. The second-order valence-electron chi connectivity index (χ2n) is 6.35. The van der Waals surface area contributed by atoms with Crippen LogP contribution in [0.4, 0.5) is 5.95 Å². The number of hydrogen-bond donors (Lipinski definition) is 1. The first kappa shape index (κ1) is 18.6. The molecule has 1 N–H and O–H groups in total. The van der Waals surface area contributed by atoms with Crippen LogP contribution in [-0.2, 0) is 6.54 Å². The summed E-state index contributed by atoms with van der Waals surface area (Å²) in [5, 5.41) is 3.00. The first-order chi connectivity index (χ1) is 13.2. The molecule has 1 atom stereocenters. The van der Waals surface area contributed by atoms with Crippen molar-refractivity contribution in [3.05, 3.63) is 89.7 Å². The van der Waals surface area contributed by atoms with Crippen molar-refractivity contribution in [1.82, 2.24) is 15.3 Å². The lowest BCUT2D eigenvalue weighted by Gasteiger charge is -2.21. The molecule has 1 heterocycles. The maximum Gasteiger partial charge on any atom is 0.270 e. The third-order valence-electron chi connectivity index (χ3n) is 4.40. The third kappa shape index (κ3) is 4.91. The van der Waals surface area contributed by atoms with Gasteiger partial charge in [-0.1, -0.05) is 60.7 Å². The molecule has 138 valence electrons. The molecule has 0 fully saturated rings. The van der Waals surface area contributed by atoms with Gasteiger partial charge in [-0.25, -0.2) is 9.97 Å². The van der Waals surface area contributed by atoms with Crippen molar-refractivity contribution in [2.45, 2.75) is 26.4 Å².